The van der Waals surface area contributed by atoms with Gasteiger partial charge in [0.1, 0.15) is 11.5 Å². The lowest BCUT2D eigenvalue weighted by atomic mass is 10.2. The third-order valence-corrected chi connectivity index (χ3v) is 2.73. The van der Waals surface area contributed by atoms with E-state index >= 15 is 0 Å². The number of ether oxygens (including phenoxy) is 1. The van der Waals surface area contributed by atoms with Gasteiger partial charge < -0.3 is 19.6 Å². The summed E-state index contributed by atoms with van der Waals surface area (Å²) >= 11 is 5.67. The Morgan fingerprint density at radius 1 is 1.42 bits per heavy atom. The first kappa shape index (κ1) is 13.3. The molecule has 1 aromatic carbocycles. The number of benzene rings is 1. The maximum Gasteiger partial charge on any atom is 0.335 e. The lowest BCUT2D eigenvalue weighted by Gasteiger charge is -2.10. The van der Waals surface area contributed by atoms with Gasteiger partial charge in [-0.2, -0.15) is 0 Å². The fourth-order valence-corrected chi connectivity index (χ4v) is 1.77. The number of anilines is 1. The van der Waals surface area contributed by atoms with E-state index in [1.54, 1.807) is 18.2 Å². The average molecular weight is 282 g/mol. The van der Waals surface area contributed by atoms with Crippen molar-refractivity contribution in [3.63, 3.8) is 0 Å². The Hall–Kier alpha value is -2.14. The summed E-state index contributed by atoms with van der Waals surface area (Å²) < 4.78 is 10.4. The van der Waals surface area contributed by atoms with Crippen molar-refractivity contribution in [3.05, 3.63) is 46.9 Å². The Morgan fingerprint density at radius 3 is 2.79 bits per heavy atom. The van der Waals surface area contributed by atoms with Crippen LogP contribution in [0.15, 0.2) is 34.7 Å². The summed E-state index contributed by atoms with van der Waals surface area (Å²) in [5.74, 6) is 0.210. The Balaban J connectivity index is 2.17. The average Bonchev–Trinajstić information content (AvgIpc) is 2.81. The van der Waals surface area contributed by atoms with E-state index in [9.17, 15) is 4.79 Å². The molecule has 1 aromatic heterocycles. The number of nitrogens with one attached hydrogen (secondary N) is 1. The lowest BCUT2D eigenvalue weighted by molar-refractivity contribution is 0.0697. The highest BCUT2D eigenvalue weighted by atomic mass is 35.5. The molecule has 0 spiro atoms. The van der Waals surface area contributed by atoms with E-state index in [1.807, 2.05) is 0 Å². The molecule has 2 N–H and O–H groups in total. The summed E-state index contributed by atoms with van der Waals surface area (Å²) in [4.78, 5) is 10.9. The first-order valence-electron chi connectivity index (χ1n) is 5.49. The maximum atomic E-state index is 10.9. The topological polar surface area (TPSA) is 71.7 Å². The summed E-state index contributed by atoms with van der Waals surface area (Å²) in [6.45, 7) is 0.381. The van der Waals surface area contributed by atoms with E-state index in [-0.39, 0.29) is 5.56 Å². The normalized spacial score (nSPS) is 10.2. The zero-order chi connectivity index (χ0) is 13.8. The first-order chi connectivity index (χ1) is 9.10. The summed E-state index contributed by atoms with van der Waals surface area (Å²) in [6, 6.07) is 7.97. The van der Waals surface area contributed by atoms with Gasteiger partial charge in [0.2, 0.25) is 0 Å². The van der Waals surface area contributed by atoms with Crippen molar-refractivity contribution < 1.29 is 19.1 Å². The number of methoxy groups -OCH3 is 1. The van der Waals surface area contributed by atoms with Gasteiger partial charge in [0.05, 0.1) is 24.9 Å². The first-order valence-corrected chi connectivity index (χ1v) is 5.87. The summed E-state index contributed by atoms with van der Waals surface area (Å²) in [7, 11) is 1.52. The molecule has 0 saturated carbocycles. The van der Waals surface area contributed by atoms with Gasteiger partial charge in [-0.05, 0) is 41.9 Å². The summed E-state index contributed by atoms with van der Waals surface area (Å²) in [5.41, 5.74) is 0.760. The molecule has 0 fully saturated rings. The van der Waals surface area contributed by atoms with Gasteiger partial charge in [-0.15, -0.1) is 0 Å². The lowest BCUT2D eigenvalue weighted by Crippen LogP contribution is -2.03. The summed E-state index contributed by atoms with van der Waals surface area (Å²) in [5, 5.41) is 12.3. The van der Waals surface area contributed by atoms with Crippen molar-refractivity contribution >= 4 is 23.3 Å². The van der Waals surface area contributed by atoms with E-state index in [2.05, 4.69) is 5.32 Å². The monoisotopic (exact) mass is 281 g/mol. The Labute approximate surface area is 114 Å². The minimum atomic E-state index is -0.994. The quantitative estimate of drug-likeness (QED) is 0.880. The molecule has 0 bridgehead atoms. The minimum absolute atomic E-state index is 0.181. The van der Waals surface area contributed by atoms with Crippen LogP contribution in [0.1, 0.15) is 16.1 Å². The minimum Gasteiger partial charge on any atom is -0.495 e. The third kappa shape index (κ3) is 3.20. The Bertz CT molecular complexity index is 594. The van der Waals surface area contributed by atoms with Crippen molar-refractivity contribution in [3.8, 4) is 5.75 Å². The maximum absolute atomic E-state index is 10.9. The molecule has 100 valence electrons. The van der Waals surface area contributed by atoms with Crippen molar-refractivity contribution in [1.29, 1.82) is 0 Å². The smallest absolute Gasteiger partial charge is 0.335 e. The predicted octanol–water partition coefficient (Wildman–Crippen LogP) is 3.25. The summed E-state index contributed by atoms with van der Waals surface area (Å²) in [6.07, 6.45) is 0. The number of hydrogen-bond acceptors (Lipinski definition) is 4. The van der Waals surface area contributed by atoms with Crippen LogP contribution in [0.4, 0.5) is 5.69 Å². The molecule has 0 atom stereocenters. The largest absolute Gasteiger partial charge is 0.495 e. The van der Waals surface area contributed by atoms with E-state index in [1.165, 1.54) is 19.2 Å². The third-order valence-electron chi connectivity index (χ3n) is 2.53. The van der Waals surface area contributed by atoms with E-state index in [0.29, 0.717) is 29.0 Å². The van der Waals surface area contributed by atoms with Gasteiger partial charge >= 0.3 is 5.97 Å². The van der Waals surface area contributed by atoms with Gasteiger partial charge in [-0.25, -0.2) is 4.79 Å². The number of furan rings is 1. The van der Waals surface area contributed by atoms with Crippen molar-refractivity contribution in [2.24, 2.45) is 0 Å². The van der Waals surface area contributed by atoms with Crippen LogP contribution in [0.3, 0.4) is 0 Å². The van der Waals surface area contributed by atoms with Gasteiger partial charge in [0.15, 0.2) is 5.22 Å². The van der Waals surface area contributed by atoms with Crippen LogP contribution < -0.4 is 10.1 Å². The van der Waals surface area contributed by atoms with Gasteiger partial charge in [-0.3, -0.25) is 0 Å². The second-order valence-corrected chi connectivity index (χ2v) is 4.15. The standard InChI is InChI=1S/C13H12ClNO4/c1-18-11-4-2-8(13(16)17)6-10(11)15-7-9-3-5-12(14)19-9/h2-6,15H,7H2,1H3,(H,16,17). The molecule has 2 aromatic rings. The van der Waals surface area contributed by atoms with Gasteiger partial charge in [-0.1, -0.05) is 0 Å². The molecule has 1 heterocycles. The van der Waals surface area contributed by atoms with E-state index in [4.69, 9.17) is 25.9 Å². The fourth-order valence-electron chi connectivity index (χ4n) is 1.61. The van der Waals surface area contributed by atoms with Crippen LogP contribution in [0, 0.1) is 0 Å². The van der Waals surface area contributed by atoms with Crippen LogP contribution in [0.25, 0.3) is 0 Å². The molecule has 0 aliphatic carbocycles. The molecule has 0 aliphatic heterocycles. The zero-order valence-corrected chi connectivity index (χ0v) is 10.9. The van der Waals surface area contributed by atoms with E-state index < -0.39 is 5.97 Å². The molecule has 6 heteroatoms. The number of carbonyl (C=O) groups is 1. The van der Waals surface area contributed by atoms with Crippen LogP contribution in [0.2, 0.25) is 5.22 Å². The number of halogens is 1. The van der Waals surface area contributed by atoms with Crippen LogP contribution in [-0.4, -0.2) is 18.2 Å². The van der Waals surface area contributed by atoms with Crippen LogP contribution in [-0.2, 0) is 6.54 Å². The highest BCUT2D eigenvalue weighted by molar-refractivity contribution is 6.28. The van der Waals surface area contributed by atoms with Gasteiger partial charge in [0, 0.05) is 0 Å². The number of carboxylic acid groups (broad SMARTS) is 1. The SMILES string of the molecule is COc1ccc(C(=O)O)cc1NCc1ccc(Cl)o1. The van der Waals surface area contributed by atoms with E-state index in [0.717, 1.165) is 0 Å². The molecule has 0 unspecified atom stereocenters. The molecule has 0 radical (unpaired) electrons. The van der Waals surface area contributed by atoms with Crippen molar-refractivity contribution in [1.82, 2.24) is 0 Å². The second kappa shape index (κ2) is 5.67. The molecular weight excluding hydrogens is 270 g/mol. The fraction of sp³-hybridized carbons (Fsp3) is 0.154. The molecule has 5 nitrogen and oxygen atoms in total. The Morgan fingerprint density at radius 2 is 2.21 bits per heavy atom. The zero-order valence-electron chi connectivity index (χ0n) is 10.1. The molecule has 0 aliphatic rings. The highest BCUT2D eigenvalue weighted by Crippen LogP contribution is 2.26. The molecule has 19 heavy (non-hydrogen) atoms. The molecule has 0 amide bonds. The second-order valence-electron chi connectivity index (χ2n) is 3.78. The molecule has 2 rings (SSSR count). The highest BCUT2D eigenvalue weighted by Gasteiger charge is 2.09. The molecular formula is C13H12ClNO4. The number of aromatic carboxylic acids is 1. The van der Waals surface area contributed by atoms with Crippen molar-refractivity contribution in [2.45, 2.75) is 6.54 Å². The van der Waals surface area contributed by atoms with Crippen LogP contribution >= 0.6 is 11.6 Å². The van der Waals surface area contributed by atoms with Gasteiger partial charge in [0.25, 0.3) is 0 Å². The number of carboxylic acids is 1. The number of rotatable bonds is 5. The molecule has 0 saturated heterocycles. The van der Waals surface area contributed by atoms with Crippen LogP contribution in [0.5, 0.6) is 5.75 Å². The van der Waals surface area contributed by atoms with Crippen molar-refractivity contribution in [2.75, 3.05) is 12.4 Å². The number of hydrogen-bond donors (Lipinski definition) is 2. The Kier molecular flexibility index (Phi) is 3.97. The predicted molar refractivity (Wildman–Crippen MR) is 71.0 cm³/mol.